The van der Waals surface area contributed by atoms with Gasteiger partial charge in [-0.25, -0.2) is 0 Å². The highest BCUT2D eigenvalue weighted by Gasteiger charge is 2.10. The highest BCUT2D eigenvalue weighted by atomic mass is 35.5. The predicted molar refractivity (Wildman–Crippen MR) is 88.1 cm³/mol. The standard InChI is InChI=1S/C18H19ClO3/c1-14(20)17-9-8-16(12-18(17)21-11-5-10-19)22-13-15-6-3-2-4-7-15/h2-4,6-9,12H,5,10-11,13H2,1H3. The topological polar surface area (TPSA) is 35.5 Å². The molecule has 3 nitrogen and oxygen atoms in total. The van der Waals surface area contributed by atoms with Gasteiger partial charge in [-0.2, -0.15) is 0 Å². The lowest BCUT2D eigenvalue weighted by Crippen LogP contribution is -2.04. The van der Waals surface area contributed by atoms with Gasteiger partial charge in [-0.3, -0.25) is 4.79 Å². The lowest BCUT2D eigenvalue weighted by molar-refractivity contribution is 0.101. The highest BCUT2D eigenvalue weighted by molar-refractivity contribution is 6.17. The van der Waals surface area contributed by atoms with Crippen molar-refractivity contribution in [2.45, 2.75) is 20.0 Å². The van der Waals surface area contributed by atoms with Gasteiger partial charge in [0.1, 0.15) is 18.1 Å². The number of carbonyl (C=O) groups excluding carboxylic acids is 1. The summed E-state index contributed by atoms with van der Waals surface area (Å²) < 4.78 is 11.4. The van der Waals surface area contributed by atoms with Crippen LogP contribution in [0, 0.1) is 0 Å². The minimum Gasteiger partial charge on any atom is -0.493 e. The molecule has 0 aliphatic carbocycles. The average molecular weight is 319 g/mol. The fraction of sp³-hybridized carbons (Fsp3) is 0.278. The van der Waals surface area contributed by atoms with E-state index in [1.54, 1.807) is 18.2 Å². The van der Waals surface area contributed by atoms with E-state index in [-0.39, 0.29) is 5.78 Å². The summed E-state index contributed by atoms with van der Waals surface area (Å²) in [6.07, 6.45) is 0.730. The zero-order valence-electron chi connectivity index (χ0n) is 12.5. The molecule has 2 aromatic carbocycles. The molecule has 0 fully saturated rings. The van der Waals surface area contributed by atoms with E-state index in [4.69, 9.17) is 21.1 Å². The number of benzene rings is 2. The van der Waals surface area contributed by atoms with Crippen LogP contribution in [0.15, 0.2) is 48.5 Å². The highest BCUT2D eigenvalue weighted by Crippen LogP contribution is 2.26. The molecule has 4 heteroatoms. The molecule has 0 unspecified atom stereocenters. The molecule has 0 aromatic heterocycles. The average Bonchev–Trinajstić information content (AvgIpc) is 2.54. The Labute approximate surface area is 135 Å². The van der Waals surface area contributed by atoms with Crippen molar-refractivity contribution < 1.29 is 14.3 Å². The minimum absolute atomic E-state index is 0.0320. The second kappa shape index (κ2) is 8.44. The number of carbonyl (C=O) groups is 1. The van der Waals surface area contributed by atoms with Crippen molar-refractivity contribution in [2.75, 3.05) is 12.5 Å². The number of hydrogen-bond acceptors (Lipinski definition) is 3. The molecule has 116 valence electrons. The van der Waals surface area contributed by atoms with E-state index in [9.17, 15) is 4.79 Å². The van der Waals surface area contributed by atoms with Crippen LogP contribution in [0.3, 0.4) is 0 Å². The van der Waals surface area contributed by atoms with Crippen molar-refractivity contribution in [3.05, 3.63) is 59.7 Å². The molecule has 0 heterocycles. The molecule has 22 heavy (non-hydrogen) atoms. The van der Waals surface area contributed by atoms with Crippen LogP contribution in [0.4, 0.5) is 0 Å². The smallest absolute Gasteiger partial charge is 0.163 e. The Hall–Kier alpha value is -2.00. The number of hydrogen-bond donors (Lipinski definition) is 0. The molecule has 0 radical (unpaired) electrons. The number of halogens is 1. The Kier molecular flexibility index (Phi) is 6.28. The van der Waals surface area contributed by atoms with Crippen LogP contribution >= 0.6 is 11.6 Å². The van der Waals surface area contributed by atoms with Gasteiger partial charge in [0.15, 0.2) is 5.78 Å². The zero-order chi connectivity index (χ0) is 15.8. The maximum absolute atomic E-state index is 11.6. The normalized spacial score (nSPS) is 10.3. The van der Waals surface area contributed by atoms with Crippen molar-refractivity contribution in [3.63, 3.8) is 0 Å². The summed E-state index contributed by atoms with van der Waals surface area (Å²) >= 11 is 5.65. The van der Waals surface area contributed by atoms with Gasteiger partial charge in [-0.1, -0.05) is 30.3 Å². The van der Waals surface area contributed by atoms with Crippen LogP contribution in [0.1, 0.15) is 29.3 Å². The van der Waals surface area contributed by atoms with Crippen LogP contribution in [-0.2, 0) is 6.61 Å². The maximum atomic E-state index is 11.6. The van der Waals surface area contributed by atoms with Gasteiger partial charge in [0.05, 0.1) is 12.2 Å². The zero-order valence-corrected chi connectivity index (χ0v) is 13.3. The lowest BCUT2D eigenvalue weighted by Gasteiger charge is -2.12. The molecule has 0 saturated carbocycles. The van der Waals surface area contributed by atoms with Gasteiger partial charge in [0, 0.05) is 11.9 Å². The molecule has 0 spiro atoms. The first kappa shape index (κ1) is 16.4. The van der Waals surface area contributed by atoms with Crippen molar-refractivity contribution in [1.29, 1.82) is 0 Å². The van der Waals surface area contributed by atoms with Crippen molar-refractivity contribution in [3.8, 4) is 11.5 Å². The molecule has 2 rings (SSSR count). The molecule has 0 atom stereocenters. The molecule has 2 aromatic rings. The molecule has 0 N–H and O–H groups in total. The van der Waals surface area contributed by atoms with Crippen LogP contribution in [-0.4, -0.2) is 18.3 Å². The summed E-state index contributed by atoms with van der Waals surface area (Å²) in [5, 5.41) is 0. The monoisotopic (exact) mass is 318 g/mol. The summed E-state index contributed by atoms with van der Waals surface area (Å²) in [5.41, 5.74) is 1.64. The summed E-state index contributed by atoms with van der Waals surface area (Å²) in [5.74, 6) is 1.72. The number of rotatable bonds is 8. The fourth-order valence-electron chi connectivity index (χ4n) is 1.98. The summed E-state index contributed by atoms with van der Waals surface area (Å²) in [7, 11) is 0. The first-order valence-corrected chi connectivity index (χ1v) is 7.74. The summed E-state index contributed by atoms with van der Waals surface area (Å²) in [6.45, 7) is 2.47. The summed E-state index contributed by atoms with van der Waals surface area (Å²) in [6, 6.07) is 15.2. The molecule has 0 aliphatic heterocycles. The van der Waals surface area contributed by atoms with E-state index >= 15 is 0 Å². The van der Waals surface area contributed by atoms with Crippen LogP contribution < -0.4 is 9.47 Å². The summed E-state index contributed by atoms with van der Waals surface area (Å²) in [4.78, 5) is 11.6. The molecular weight excluding hydrogens is 300 g/mol. The van der Waals surface area contributed by atoms with E-state index in [1.807, 2.05) is 30.3 Å². The molecule has 0 aliphatic rings. The number of ketones is 1. The Bertz CT molecular complexity index is 611. The quantitative estimate of drug-likeness (QED) is 0.409. The SMILES string of the molecule is CC(=O)c1ccc(OCc2ccccc2)cc1OCCCCl. The second-order valence-electron chi connectivity index (χ2n) is 4.88. The van der Waals surface area contributed by atoms with Crippen molar-refractivity contribution in [1.82, 2.24) is 0 Å². The van der Waals surface area contributed by atoms with E-state index < -0.39 is 0 Å². The second-order valence-corrected chi connectivity index (χ2v) is 5.26. The van der Waals surface area contributed by atoms with Gasteiger partial charge < -0.3 is 9.47 Å². The third-order valence-electron chi connectivity index (χ3n) is 3.12. The van der Waals surface area contributed by atoms with E-state index in [1.165, 1.54) is 6.92 Å². The van der Waals surface area contributed by atoms with Crippen molar-refractivity contribution >= 4 is 17.4 Å². The molecule has 0 bridgehead atoms. The Morgan fingerprint density at radius 1 is 1.09 bits per heavy atom. The fourth-order valence-corrected chi connectivity index (χ4v) is 2.09. The maximum Gasteiger partial charge on any atom is 0.163 e. The van der Waals surface area contributed by atoms with Gasteiger partial charge in [-0.15, -0.1) is 11.6 Å². The lowest BCUT2D eigenvalue weighted by atomic mass is 10.1. The minimum atomic E-state index is -0.0320. The van der Waals surface area contributed by atoms with Crippen molar-refractivity contribution in [2.24, 2.45) is 0 Å². The molecule has 0 amide bonds. The van der Waals surface area contributed by atoms with E-state index in [0.717, 1.165) is 12.0 Å². The first-order valence-electron chi connectivity index (χ1n) is 7.21. The molecule has 0 saturated heterocycles. The van der Waals surface area contributed by atoms with Crippen LogP contribution in [0.5, 0.6) is 11.5 Å². The largest absolute Gasteiger partial charge is 0.493 e. The third kappa shape index (κ3) is 4.78. The van der Waals surface area contributed by atoms with Crippen LogP contribution in [0.2, 0.25) is 0 Å². The van der Waals surface area contributed by atoms with Gasteiger partial charge in [-0.05, 0) is 31.0 Å². The van der Waals surface area contributed by atoms with E-state index in [2.05, 4.69) is 0 Å². The van der Waals surface area contributed by atoms with Gasteiger partial charge in [0.25, 0.3) is 0 Å². The van der Waals surface area contributed by atoms with E-state index in [0.29, 0.717) is 36.2 Å². The first-order chi connectivity index (χ1) is 10.7. The number of ether oxygens (including phenoxy) is 2. The Morgan fingerprint density at radius 3 is 2.55 bits per heavy atom. The van der Waals surface area contributed by atoms with Gasteiger partial charge >= 0.3 is 0 Å². The predicted octanol–water partition coefficient (Wildman–Crippen LogP) is 4.48. The molecular formula is C18H19ClO3. The Morgan fingerprint density at radius 2 is 1.86 bits per heavy atom. The van der Waals surface area contributed by atoms with Gasteiger partial charge in [0.2, 0.25) is 0 Å². The van der Waals surface area contributed by atoms with Crippen LogP contribution in [0.25, 0.3) is 0 Å². The Balaban J connectivity index is 2.08. The number of alkyl halides is 1. The number of Topliss-reactive ketones (excluding diaryl/α,β-unsaturated/α-hetero) is 1. The third-order valence-corrected chi connectivity index (χ3v) is 3.38.